The van der Waals surface area contributed by atoms with Gasteiger partial charge >= 0.3 is 0 Å². The molecule has 1 fully saturated rings. The molecule has 0 atom stereocenters. The molecule has 1 saturated carbocycles. The van der Waals surface area contributed by atoms with Gasteiger partial charge in [0.05, 0.1) is 10.9 Å². The minimum absolute atomic E-state index is 0.104. The van der Waals surface area contributed by atoms with E-state index in [0.717, 1.165) is 0 Å². The molecule has 0 aliphatic heterocycles. The highest BCUT2D eigenvalue weighted by Crippen LogP contribution is 2.33. The zero-order valence-corrected chi connectivity index (χ0v) is 12.3. The Morgan fingerprint density at radius 2 is 2.05 bits per heavy atom. The number of aromatic amines is 1. The summed E-state index contributed by atoms with van der Waals surface area (Å²) >= 11 is 0. The zero-order valence-electron chi connectivity index (χ0n) is 12.3. The lowest BCUT2D eigenvalue weighted by atomic mass is 9.84. The quantitative estimate of drug-likeness (QED) is 0.789. The van der Waals surface area contributed by atoms with Gasteiger partial charge in [-0.3, -0.25) is 9.78 Å². The third-order valence-corrected chi connectivity index (χ3v) is 4.51. The number of fused-ring (bicyclic) bond motifs is 1. The monoisotopic (exact) mass is 294 g/mol. The maximum absolute atomic E-state index is 12.4. The van der Waals surface area contributed by atoms with E-state index in [1.807, 2.05) is 12.1 Å². The second-order valence-electron chi connectivity index (χ2n) is 5.95. The van der Waals surface area contributed by atoms with Crippen molar-refractivity contribution in [3.05, 3.63) is 52.6 Å². The topological polar surface area (TPSA) is 63.6 Å². The van der Waals surface area contributed by atoms with Crippen molar-refractivity contribution in [3.63, 3.8) is 0 Å². The van der Waals surface area contributed by atoms with E-state index >= 15 is 0 Å². The van der Waals surface area contributed by atoms with E-state index in [0.29, 0.717) is 22.8 Å². The Balaban J connectivity index is 1.79. The predicted octanol–water partition coefficient (Wildman–Crippen LogP) is 3.16. The molecule has 0 bridgehead atoms. The van der Waals surface area contributed by atoms with Crippen LogP contribution in [-0.2, 0) is 0 Å². The van der Waals surface area contributed by atoms with Crippen LogP contribution >= 0.6 is 0 Å². The van der Waals surface area contributed by atoms with Crippen molar-refractivity contribution in [1.29, 1.82) is 0 Å². The molecule has 112 valence electrons. The van der Waals surface area contributed by atoms with Crippen LogP contribution in [0.1, 0.15) is 43.6 Å². The van der Waals surface area contributed by atoms with E-state index in [1.54, 1.807) is 23.1 Å². The van der Waals surface area contributed by atoms with Gasteiger partial charge in [-0.15, -0.1) is 0 Å². The van der Waals surface area contributed by atoms with Gasteiger partial charge in [0.1, 0.15) is 0 Å². The van der Waals surface area contributed by atoms with Crippen LogP contribution in [0.2, 0.25) is 0 Å². The summed E-state index contributed by atoms with van der Waals surface area (Å²) in [5.41, 5.74) is 1.88. The van der Waals surface area contributed by atoms with Crippen LogP contribution in [0, 0.1) is 0 Å². The maximum atomic E-state index is 12.4. The number of hydrogen-bond acceptors (Lipinski definition) is 3. The fourth-order valence-corrected chi connectivity index (χ4v) is 3.34. The SMILES string of the molecule is O=c1[nH]c(-n2cccn2)nc2ccc(C3CCCCC3)cc12. The molecule has 1 aliphatic carbocycles. The lowest BCUT2D eigenvalue weighted by Gasteiger charge is -2.22. The van der Waals surface area contributed by atoms with E-state index < -0.39 is 0 Å². The predicted molar refractivity (Wildman–Crippen MR) is 85.3 cm³/mol. The fraction of sp³-hybridized carbons (Fsp3) is 0.353. The summed E-state index contributed by atoms with van der Waals surface area (Å²) in [7, 11) is 0. The lowest BCUT2D eigenvalue weighted by molar-refractivity contribution is 0.444. The second-order valence-corrected chi connectivity index (χ2v) is 5.95. The number of hydrogen-bond donors (Lipinski definition) is 1. The van der Waals surface area contributed by atoms with Gasteiger partial charge in [-0.05, 0) is 42.5 Å². The summed E-state index contributed by atoms with van der Waals surface area (Å²) in [5, 5.41) is 4.78. The highest BCUT2D eigenvalue weighted by Gasteiger charge is 2.16. The molecule has 0 unspecified atom stereocenters. The number of nitrogens with one attached hydrogen (secondary N) is 1. The van der Waals surface area contributed by atoms with Crippen LogP contribution in [0.5, 0.6) is 0 Å². The summed E-state index contributed by atoms with van der Waals surface area (Å²) in [4.78, 5) is 19.7. The highest BCUT2D eigenvalue weighted by molar-refractivity contribution is 5.78. The molecule has 0 spiro atoms. The van der Waals surface area contributed by atoms with Crippen LogP contribution in [0.3, 0.4) is 0 Å². The largest absolute Gasteiger partial charge is 0.290 e. The first-order valence-corrected chi connectivity index (χ1v) is 7.85. The van der Waals surface area contributed by atoms with Crippen LogP contribution in [-0.4, -0.2) is 19.7 Å². The molecular formula is C17H18N4O. The smallest absolute Gasteiger partial charge is 0.260 e. The van der Waals surface area contributed by atoms with Crippen molar-refractivity contribution < 1.29 is 0 Å². The summed E-state index contributed by atoms with van der Waals surface area (Å²) in [5.74, 6) is 1.04. The Hall–Kier alpha value is -2.43. The Labute approximate surface area is 128 Å². The van der Waals surface area contributed by atoms with Crippen molar-refractivity contribution in [2.45, 2.75) is 38.0 Å². The average Bonchev–Trinajstić information content (AvgIpc) is 3.10. The third kappa shape index (κ3) is 2.32. The number of rotatable bonds is 2. The van der Waals surface area contributed by atoms with Gasteiger partial charge in [-0.2, -0.15) is 5.10 Å². The molecule has 0 amide bonds. The van der Waals surface area contributed by atoms with Crippen molar-refractivity contribution in [2.75, 3.05) is 0 Å². The molecule has 4 rings (SSSR count). The Morgan fingerprint density at radius 1 is 1.18 bits per heavy atom. The van der Waals surface area contributed by atoms with Gasteiger partial charge in [-0.1, -0.05) is 25.3 Å². The standard InChI is InChI=1S/C17H18N4O/c22-16-14-11-13(12-5-2-1-3-6-12)7-8-15(14)19-17(20-16)21-10-4-9-18-21/h4,7-12H,1-3,5-6H2,(H,19,20,22). The van der Waals surface area contributed by atoms with Gasteiger partial charge in [-0.25, -0.2) is 9.67 Å². The summed E-state index contributed by atoms with van der Waals surface area (Å²) in [6.07, 6.45) is 9.78. The molecule has 0 saturated heterocycles. The Morgan fingerprint density at radius 3 is 2.82 bits per heavy atom. The van der Waals surface area contributed by atoms with Crippen LogP contribution in [0.4, 0.5) is 0 Å². The normalized spacial score (nSPS) is 16.2. The molecule has 3 aromatic rings. The van der Waals surface area contributed by atoms with E-state index in [9.17, 15) is 4.79 Å². The molecule has 2 heterocycles. The van der Waals surface area contributed by atoms with Crippen LogP contribution in [0.15, 0.2) is 41.5 Å². The van der Waals surface area contributed by atoms with Gasteiger partial charge < -0.3 is 0 Å². The van der Waals surface area contributed by atoms with Gasteiger partial charge in [0.15, 0.2) is 0 Å². The maximum Gasteiger partial charge on any atom is 0.260 e. The van der Waals surface area contributed by atoms with Crippen molar-refractivity contribution in [2.24, 2.45) is 0 Å². The molecule has 5 nitrogen and oxygen atoms in total. The molecule has 1 aromatic carbocycles. The molecule has 5 heteroatoms. The van der Waals surface area contributed by atoms with E-state index in [4.69, 9.17) is 0 Å². The number of nitrogens with zero attached hydrogens (tertiary/aromatic N) is 3. The second kappa shape index (κ2) is 5.40. The van der Waals surface area contributed by atoms with Gasteiger partial charge in [0.2, 0.25) is 5.95 Å². The van der Waals surface area contributed by atoms with Crippen LogP contribution < -0.4 is 5.56 Å². The number of benzene rings is 1. The summed E-state index contributed by atoms with van der Waals surface area (Å²) in [6, 6.07) is 7.90. The molecule has 22 heavy (non-hydrogen) atoms. The Bertz CT molecular complexity index is 845. The zero-order chi connectivity index (χ0) is 14.9. The first kappa shape index (κ1) is 13.2. The van der Waals surface area contributed by atoms with E-state index in [2.05, 4.69) is 21.1 Å². The first-order valence-electron chi connectivity index (χ1n) is 7.85. The van der Waals surface area contributed by atoms with Crippen LogP contribution in [0.25, 0.3) is 16.9 Å². The van der Waals surface area contributed by atoms with Crippen molar-refractivity contribution in [1.82, 2.24) is 19.7 Å². The molecule has 1 N–H and O–H groups in total. The molecule has 0 radical (unpaired) electrons. The minimum Gasteiger partial charge on any atom is -0.290 e. The lowest BCUT2D eigenvalue weighted by Crippen LogP contribution is -2.14. The van der Waals surface area contributed by atoms with E-state index in [1.165, 1.54) is 37.7 Å². The molecule has 2 aromatic heterocycles. The minimum atomic E-state index is -0.104. The third-order valence-electron chi connectivity index (χ3n) is 4.51. The van der Waals surface area contributed by atoms with Crippen molar-refractivity contribution in [3.8, 4) is 5.95 Å². The van der Waals surface area contributed by atoms with E-state index in [-0.39, 0.29) is 5.56 Å². The van der Waals surface area contributed by atoms with Gasteiger partial charge in [0, 0.05) is 12.4 Å². The van der Waals surface area contributed by atoms with Gasteiger partial charge in [0.25, 0.3) is 5.56 Å². The van der Waals surface area contributed by atoms with Crippen molar-refractivity contribution >= 4 is 10.9 Å². The Kier molecular flexibility index (Phi) is 3.25. The average molecular weight is 294 g/mol. The fourth-order valence-electron chi connectivity index (χ4n) is 3.34. The highest BCUT2D eigenvalue weighted by atomic mass is 16.1. The summed E-state index contributed by atoms with van der Waals surface area (Å²) in [6.45, 7) is 0. The number of aromatic nitrogens is 4. The molecule has 1 aliphatic rings. The molecular weight excluding hydrogens is 276 g/mol. The first-order chi connectivity index (χ1) is 10.8. The summed E-state index contributed by atoms with van der Waals surface area (Å²) < 4.78 is 1.57. The number of H-pyrrole nitrogens is 1.